The molecule has 160 valence electrons. The highest BCUT2D eigenvalue weighted by molar-refractivity contribution is 6.80. The van der Waals surface area contributed by atoms with Crippen LogP contribution in [-0.4, -0.2) is 8.07 Å². The van der Waals surface area contributed by atoms with Crippen molar-refractivity contribution in [1.82, 2.24) is 0 Å². The number of rotatable bonds is 4. The Bertz CT molecular complexity index is 745. The molecule has 1 aromatic rings. The molecule has 0 bridgehead atoms. The van der Waals surface area contributed by atoms with Crippen LogP contribution in [0.4, 0.5) is 0 Å². The summed E-state index contributed by atoms with van der Waals surface area (Å²) in [4.78, 5) is 0. The molecule has 0 nitrogen and oxygen atoms in total. The average molecular weight is 409 g/mol. The first-order chi connectivity index (χ1) is 13.6. The standard InChI is InChI=1S/C28H44Si/c1-17(2)15-23-16-26(25-14-13-22-11-9-10-12-24(22)27(23)25)29(7,8)28-20(5)18(3)19(4)21(28)6/h9-14,17-21,23,25-28H,15-16H2,1-8H3. The maximum absolute atomic E-state index is 2.78. The van der Waals surface area contributed by atoms with Gasteiger partial charge in [-0.1, -0.05) is 91.1 Å². The molecule has 8 unspecified atom stereocenters. The highest BCUT2D eigenvalue weighted by Gasteiger charge is 2.57. The van der Waals surface area contributed by atoms with Crippen molar-refractivity contribution in [3.8, 4) is 0 Å². The van der Waals surface area contributed by atoms with Crippen molar-refractivity contribution in [2.75, 3.05) is 0 Å². The summed E-state index contributed by atoms with van der Waals surface area (Å²) >= 11 is 0. The van der Waals surface area contributed by atoms with Gasteiger partial charge in [0.1, 0.15) is 0 Å². The minimum atomic E-state index is -1.42. The molecule has 0 spiro atoms. The number of benzene rings is 1. The molecule has 1 heteroatoms. The molecular formula is C28H44Si. The van der Waals surface area contributed by atoms with Crippen molar-refractivity contribution < 1.29 is 0 Å². The minimum Gasteiger partial charge on any atom is -0.0802 e. The first-order valence-corrected chi connectivity index (χ1v) is 15.6. The third-order valence-corrected chi connectivity index (χ3v) is 15.3. The van der Waals surface area contributed by atoms with Gasteiger partial charge in [-0.25, -0.2) is 0 Å². The first kappa shape index (κ1) is 21.4. The third kappa shape index (κ3) is 3.40. The zero-order valence-corrected chi connectivity index (χ0v) is 21.2. The van der Waals surface area contributed by atoms with Gasteiger partial charge < -0.3 is 0 Å². The van der Waals surface area contributed by atoms with E-state index in [1.54, 1.807) is 5.56 Å². The summed E-state index contributed by atoms with van der Waals surface area (Å²) in [6.45, 7) is 20.7. The largest absolute Gasteiger partial charge is 0.0802 e. The van der Waals surface area contributed by atoms with Gasteiger partial charge in [0.05, 0.1) is 8.07 Å². The lowest BCUT2D eigenvalue weighted by atomic mass is 9.75. The van der Waals surface area contributed by atoms with Crippen LogP contribution in [-0.2, 0) is 0 Å². The van der Waals surface area contributed by atoms with Gasteiger partial charge in [-0.3, -0.25) is 0 Å². The van der Waals surface area contributed by atoms with Crippen LogP contribution in [0.2, 0.25) is 24.2 Å². The van der Waals surface area contributed by atoms with E-state index >= 15 is 0 Å². The molecule has 1 aromatic carbocycles. The van der Waals surface area contributed by atoms with E-state index in [0.29, 0.717) is 0 Å². The molecule has 2 saturated carbocycles. The maximum Gasteiger partial charge on any atom is 0.0547 e. The fraction of sp³-hybridized carbons (Fsp3) is 0.714. The van der Waals surface area contributed by atoms with Crippen molar-refractivity contribution in [2.24, 2.45) is 41.4 Å². The van der Waals surface area contributed by atoms with E-state index < -0.39 is 8.07 Å². The van der Waals surface area contributed by atoms with Crippen molar-refractivity contribution in [3.63, 3.8) is 0 Å². The van der Waals surface area contributed by atoms with Crippen LogP contribution in [0.25, 0.3) is 6.08 Å². The third-order valence-electron chi connectivity index (χ3n) is 10.0. The van der Waals surface area contributed by atoms with Crippen LogP contribution in [0.5, 0.6) is 0 Å². The molecule has 0 saturated heterocycles. The van der Waals surface area contributed by atoms with Gasteiger partial charge in [0, 0.05) is 0 Å². The van der Waals surface area contributed by atoms with Crippen LogP contribution >= 0.6 is 0 Å². The van der Waals surface area contributed by atoms with Crippen LogP contribution in [0.1, 0.15) is 71.4 Å². The molecule has 29 heavy (non-hydrogen) atoms. The van der Waals surface area contributed by atoms with E-state index in [-0.39, 0.29) is 0 Å². The average Bonchev–Trinajstić information content (AvgIpc) is 3.13. The normalized spacial score (nSPS) is 41.6. The summed E-state index contributed by atoms with van der Waals surface area (Å²) in [5.74, 6) is 6.75. The van der Waals surface area contributed by atoms with E-state index in [1.807, 2.05) is 0 Å². The van der Waals surface area contributed by atoms with Gasteiger partial charge in [0.25, 0.3) is 0 Å². The Hall–Kier alpha value is -0.823. The second kappa shape index (κ2) is 7.70. The van der Waals surface area contributed by atoms with E-state index in [4.69, 9.17) is 0 Å². The van der Waals surface area contributed by atoms with E-state index in [0.717, 1.165) is 58.4 Å². The van der Waals surface area contributed by atoms with Gasteiger partial charge in [0.2, 0.25) is 0 Å². The van der Waals surface area contributed by atoms with E-state index in [2.05, 4.69) is 91.1 Å². The molecular weight excluding hydrogens is 364 g/mol. The molecule has 2 fully saturated rings. The summed E-state index contributed by atoms with van der Waals surface area (Å²) < 4.78 is 0. The lowest BCUT2D eigenvalue weighted by molar-refractivity contribution is 0.352. The number of hydrogen-bond acceptors (Lipinski definition) is 0. The Balaban J connectivity index is 1.72. The van der Waals surface area contributed by atoms with Crippen molar-refractivity contribution in [3.05, 3.63) is 41.5 Å². The van der Waals surface area contributed by atoms with Crippen molar-refractivity contribution in [1.29, 1.82) is 0 Å². The molecule has 0 heterocycles. The minimum absolute atomic E-state index is 0.761. The molecule has 4 rings (SSSR count). The quantitative estimate of drug-likeness (QED) is 0.438. The van der Waals surface area contributed by atoms with Crippen LogP contribution in [0, 0.1) is 41.4 Å². The number of fused-ring (bicyclic) bond motifs is 3. The smallest absolute Gasteiger partial charge is 0.0547 e. The second-order valence-corrected chi connectivity index (χ2v) is 17.2. The Morgan fingerprint density at radius 1 is 0.931 bits per heavy atom. The molecule has 3 aliphatic rings. The zero-order valence-electron chi connectivity index (χ0n) is 20.2. The molecule has 8 atom stereocenters. The lowest BCUT2D eigenvalue weighted by Crippen LogP contribution is -2.43. The molecule has 0 N–H and O–H groups in total. The van der Waals surface area contributed by atoms with Gasteiger partial charge in [0.15, 0.2) is 0 Å². The summed E-state index contributed by atoms with van der Waals surface area (Å²) in [7, 11) is -1.42. The van der Waals surface area contributed by atoms with E-state index in [9.17, 15) is 0 Å². The molecule has 0 aliphatic heterocycles. The Morgan fingerprint density at radius 3 is 2.17 bits per heavy atom. The first-order valence-electron chi connectivity index (χ1n) is 12.4. The monoisotopic (exact) mass is 408 g/mol. The molecule has 0 aromatic heterocycles. The van der Waals surface area contributed by atoms with Crippen LogP contribution < -0.4 is 0 Å². The topological polar surface area (TPSA) is 0 Å². The van der Waals surface area contributed by atoms with Crippen molar-refractivity contribution >= 4 is 14.1 Å². The predicted molar refractivity (Wildman–Crippen MR) is 131 cm³/mol. The highest BCUT2D eigenvalue weighted by Crippen LogP contribution is 2.64. The SMILES string of the molecule is CC(C)CC1CC([Si](C)(C)C2C(C)C(C)C(C)C2C)C2C=Cc3ccccc3C12. The molecule has 3 aliphatic carbocycles. The lowest BCUT2D eigenvalue weighted by Gasteiger charge is -2.44. The second-order valence-electron chi connectivity index (χ2n) is 12.1. The van der Waals surface area contributed by atoms with Crippen LogP contribution in [0.3, 0.4) is 0 Å². The van der Waals surface area contributed by atoms with Gasteiger partial charge in [-0.15, -0.1) is 0 Å². The fourth-order valence-corrected chi connectivity index (χ4v) is 14.5. The Labute approximate surface area is 181 Å². The van der Waals surface area contributed by atoms with E-state index in [1.165, 1.54) is 18.4 Å². The van der Waals surface area contributed by atoms with Crippen molar-refractivity contribution in [2.45, 2.75) is 84.5 Å². The summed E-state index contributed by atoms with van der Waals surface area (Å²) in [6.07, 6.45) is 8.00. The highest BCUT2D eigenvalue weighted by atomic mass is 28.3. The summed E-state index contributed by atoms with van der Waals surface area (Å²) in [6, 6.07) is 9.29. The summed E-state index contributed by atoms with van der Waals surface area (Å²) in [5.41, 5.74) is 5.06. The maximum atomic E-state index is 2.78. The molecule has 0 amide bonds. The van der Waals surface area contributed by atoms with Gasteiger partial charge in [-0.2, -0.15) is 0 Å². The Kier molecular flexibility index (Phi) is 5.69. The summed E-state index contributed by atoms with van der Waals surface area (Å²) in [5, 5.41) is 0. The Morgan fingerprint density at radius 2 is 1.55 bits per heavy atom. The zero-order chi connectivity index (χ0) is 21.1. The number of hydrogen-bond donors (Lipinski definition) is 0. The van der Waals surface area contributed by atoms with Gasteiger partial charge >= 0.3 is 0 Å². The molecule has 0 radical (unpaired) electrons. The number of allylic oxidation sites excluding steroid dienone is 1. The van der Waals surface area contributed by atoms with Crippen LogP contribution in [0.15, 0.2) is 30.3 Å². The van der Waals surface area contributed by atoms with Gasteiger partial charge in [-0.05, 0) is 82.4 Å². The predicted octanol–water partition coefficient (Wildman–Crippen LogP) is 8.49. The fourth-order valence-electron chi connectivity index (χ4n) is 8.43.